The van der Waals surface area contributed by atoms with Crippen LogP contribution < -0.4 is 15.4 Å². The van der Waals surface area contributed by atoms with Crippen molar-refractivity contribution in [2.45, 2.75) is 32.9 Å². The molecule has 0 aliphatic carbocycles. The van der Waals surface area contributed by atoms with Gasteiger partial charge in [0.2, 0.25) is 10.0 Å². The largest absolute Gasteiger partial charge is 0.334 e. The molecule has 2 rings (SSSR count). The molecule has 2 amide bonds. The Morgan fingerprint density at radius 3 is 2.26 bits per heavy atom. The van der Waals surface area contributed by atoms with Crippen LogP contribution in [-0.2, 0) is 16.6 Å². The number of benzene rings is 2. The molecule has 27 heavy (non-hydrogen) atoms. The van der Waals surface area contributed by atoms with E-state index in [0.717, 1.165) is 18.2 Å². The summed E-state index contributed by atoms with van der Waals surface area (Å²) >= 11 is 0. The molecule has 0 aromatic heterocycles. The Morgan fingerprint density at radius 1 is 1.00 bits per heavy atom. The van der Waals surface area contributed by atoms with E-state index in [1.807, 2.05) is 30.3 Å². The molecule has 0 fully saturated rings. The van der Waals surface area contributed by atoms with Gasteiger partial charge < -0.3 is 10.6 Å². The first kappa shape index (κ1) is 20.8. The van der Waals surface area contributed by atoms with Crippen LogP contribution in [0.5, 0.6) is 0 Å². The second kappa shape index (κ2) is 9.41. The highest BCUT2D eigenvalue weighted by Gasteiger charge is 2.16. The molecule has 0 aliphatic heterocycles. The molecule has 6 nitrogen and oxygen atoms in total. The molecule has 0 radical (unpaired) electrons. The van der Waals surface area contributed by atoms with Crippen molar-refractivity contribution in [1.29, 1.82) is 0 Å². The van der Waals surface area contributed by atoms with Gasteiger partial charge in [-0.3, -0.25) is 4.72 Å². The number of amides is 2. The van der Waals surface area contributed by atoms with Gasteiger partial charge in [0.1, 0.15) is 0 Å². The van der Waals surface area contributed by atoms with Crippen LogP contribution in [-0.4, -0.2) is 20.7 Å². The molecule has 1 atom stereocenters. The van der Waals surface area contributed by atoms with Crippen LogP contribution in [0.3, 0.4) is 0 Å². The minimum Gasteiger partial charge on any atom is -0.334 e. The van der Waals surface area contributed by atoms with Gasteiger partial charge in [0.25, 0.3) is 0 Å². The summed E-state index contributed by atoms with van der Waals surface area (Å²) < 4.78 is 25.4. The van der Waals surface area contributed by atoms with Crippen LogP contribution in [0.15, 0.2) is 54.6 Å². The normalized spacial score (nSPS) is 12.4. The number of hydrogen-bond donors (Lipinski definition) is 3. The molecule has 146 valence electrons. The first-order chi connectivity index (χ1) is 12.7. The molecule has 0 heterocycles. The Morgan fingerprint density at radius 2 is 1.63 bits per heavy atom. The molecule has 2 aromatic rings. The van der Waals surface area contributed by atoms with Crippen molar-refractivity contribution in [3.63, 3.8) is 0 Å². The maximum Gasteiger partial charge on any atom is 0.315 e. The van der Waals surface area contributed by atoms with E-state index in [1.165, 1.54) is 0 Å². The second-order valence-corrected chi connectivity index (χ2v) is 8.70. The fourth-order valence-electron chi connectivity index (χ4n) is 2.79. The van der Waals surface area contributed by atoms with Crippen LogP contribution in [0.2, 0.25) is 0 Å². The van der Waals surface area contributed by atoms with Gasteiger partial charge in [0.05, 0.1) is 18.0 Å². The summed E-state index contributed by atoms with van der Waals surface area (Å²) in [6.45, 7) is 4.44. The molecule has 0 spiro atoms. The third-order valence-electron chi connectivity index (χ3n) is 3.97. The van der Waals surface area contributed by atoms with E-state index in [1.54, 1.807) is 24.3 Å². The Balaban J connectivity index is 2.02. The number of urea groups is 1. The number of nitrogens with one attached hydrogen (secondary N) is 3. The van der Waals surface area contributed by atoms with Gasteiger partial charge >= 0.3 is 6.03 Å². The number of rotatable bonds is 8. The van der Waals surface area contributed by atoms with Gasteiger partial charge in [-0.25, -0.2) is 13.2 Å². The lowest BCUT2D eigenvalue weighted by molar-refractivity contribution is 0.234. The van der Waals surface area contributed by atoms with Gasteiger partial charge in [-0.05, 0) is 29.5 Å². The third-order valence-corrected chi connectivity index (χ3v) is 4.56. The van der Waals surface area contributed by atoms with Gasteiger partial charge in [0.15, 0.2) is 0 Å². The van der Waals surface area contributed by atoms with E-state index < -0.39 is 10.0 Å². The number of sulfonamides is 1. The zero-order valence-corrected chi connectivity index (χ0v) is 16.7. The van der Waals surface area contributed by atoms with E-state index in [2.05, 4.69) is 29.2 Å². The third kappa shape index (κ3) is 7.30. The van der Waals surface area contributed by atoms with Gasteiger partial charge in [0, 0.05) is 6.54 Å². The summed E-state index contributed by atoms with van der Waals surface area (Å²) in [4.78, 5) is 12.4. The summed E-state index contributed by atoms with van der Waals surface area (Å²) in [6.07, 6.45) is 1.92. The lowest BCUT2D eigenvalue weighted by Gasteiger charge is -2.21. The number of carbonyl (C=O) groups is 1. The molecule has 0 aliphatic rings. The molecular formula is C20H27N3O3S. The zero-order valence-electron chi connectivity index (χ0n) is 15.9. The summed E-state index contributed by atoms with van der Waals surface area (Å²) in [5, 5.41) is 5.83. The van der Waals surface area contributed by atoms with E-state index >= 15 is 0 Å². The molecule has 1 unspecified atom stereocenters. The first-order valence-corrected chi connectivity index (χ1v) is 10.8. The summed E-state index contributed by atoms with van der Waals surface area (Å²) in [7, 11) is -3.39. The van der Waals surface area contributed by atoms with Crippen LogP contribution >= 0.6 is 0 Å². The predicted octanol–water partition coefficient (Wildman–Crippen LogP) is 3.64. The monoisotopic (exact) mass is 389 g/mol. The number of anilines is 1. The number of para-hydroxylation sites is 1. The van der Waals surface area contributed by atoms with Gasteiger partial charge in [-0.1, -0.05) is 62.4 Å². The lowest BCUT2D eigenvalue weighted by Crippen LogP contribution is -2.38. The van der Waals surface area contributed by atoms with Crippen molar-refractivity contribution < 1.29 is 13.2 Å². The predicted molar refractivity (Wildman–Crippen MR) is 109 cm³/mol. The first-order valence-electron chi connectivity index (χ1n) is 8.89. The van der Waals surface area contributed by atoms with E-state index in [-0.39, 0.29) is 18.6 Å². The van der Waals surface area contributed by atoms with Crippen LogP contribution in [0.1, 0.15) is 37.4 Å². The molecular weight excluding hydrogens is 362 g/mol. The van der Waals surface area contributed by atoms with Crippen LogP contribution in [0.4, 0.5) is 10.5 Å². The average molecular weight is 390 g/mol. The van der Waals surface area contributed by atoms with E-state index in [4.69, 9.17) is 0 Å². The van der Waals surface area contributed by atoms with E-state index in [9.17, 15) is 13.2 Å². The quantitative estimate of drug-likeness (QED) is 0.644. The number of hydrogen-bond acceptors (Lipinski definition) is 3. The van der Waals surface area contributed by atoms with Crippen LogP contribution in [0.25, 0.3) is 0 Å². The molecule has 0 bridgehead atoms. The van der Waals surface area contributed by atoms with Crippen molar-refractivity contribution in [1.82, 2.24) is 10.6 Å². The van der Waals surface area contributed by atoms with Crippen molar-refractivity contribution in [3.8, 4) is 0 Å². The zero-order chi connectivity index (χ0) is 19.9. The highest BCUT2D eigenvalue weighted by Crippen LogP contribution is 2.21. The Bertz CT molecular complexity index is 852. The van der Waals surface area contributed by atoms with Crippen LogP contribution in [0, 0.1) is 5.92 Å². The van der Waals surface area contributed by atoms with Crippen molar-refractivity contribution >= 4 is 21.7 Å². The molecule has 2 aromatic carbocycles. The maximum atomic E-state index is 12.4. The summed E-state index contributed by atoms with van der Waals surface area (Å²) in [5.74, 6) is 0.426. The highest BCUT2D eigenvalue weighted by atomic mass is 32.2. The van der Waals surface area contributed by atoms with Gasteiger partial charge in [-0.2, -0.15) is 0 Å². The maximum absolute atomic E-state index is 12.4. The van der Waals surface area contributed by atoms with Crippen molar-refractivity contribution in [3.05, 3.63) is 65.7 Å². The topological polar surface area (TPSA) is 87.3 Å². The summed E-state index contributed by atoms with van der Waals surface area (Å²) in [6, 6.07) is 16.5. The van der Waals surface area contributed by atoms with Crippen molar-refractivity contribution in [2.75, 3.05) is 11.0 Å². The van der Waals surface area contributed by atoms with E-state index in [0.29, 0.717) is 17.2 Å². The second-order valence-electron chi connectivity index (χ2n) is 6.95. The smallest absolute Gasteiger partial charge is 0.315 e. The van der Waals surface area contributed by atoms with Gasteiger partial charge in [-0.15, -0.1) is 0 Å². The Labute approximate surface area is 161 Å². The molecule has 0 saturated carbocycles. The molecule has 0 saturated heterocycles. The fourth-order valence-corrected chi connectivity index (χ4v) is 3.39. The highest BCUT2D eigenvalue weighted by molar-refractivity contribution is 7.92. The average Bonchev–Trinajstić information content (AvgIpc) is 2.59. The standard InChI is InChI=1S/C20H27N3O3S/c1-15(2)13-19(16-9-5-4-6-10-16)22-20(24)21-14-17-11-7-8-12-18(17)23-27(3,25)26/h4-12,15,19,23H,13-14H2,1-3H3,(H2,21,22,24). The SMILES string of the molecule is CC(C)CC(NC(=O)NCc1ccccc1NS(C)(=O)=O)c1ccccc1. The van der Waals surface area contributed by atoms with Crippen molar-refractivity contribution in [2.24, 2.45) is 5.92 Å². The number of carbonyl (C=O) groups excluding carboxylic acids is 1. The Hall–Kier alpha value is -2.54. The molecule has 7 heteroatoms. The fraction of sp³-hybridized carbons (Fsp3) is 0.350. The lowest BCUT2D eigenvalue weighted by atomic mass is 9.97. The minimum absolute atomic E-state index is 0.0874. The minimum atomic E-state index is -3.39. The Kier molecular flexibility index (Phi) is 7.24. The summed E-state index contributed by atoms with van der Waals surface area (Å²) in [5.41, 5.74) is 2.21. The molecule has 3 N–H and O–H groups in total.